The van der Waals surface area contributed by atoms with Crippen molar-refractivity contribution in [3.63, 3.8) is 0 Å². The SMILES string of the molecule is CCCCCC(C)NC(=O)c1cc(N)nc(C(C)(C)C)c1. The normalized spacial score (nSPS) is 13.0. The molecule has 21 heavy (non-hydrogen) atoms. The van der Waals surface area contributed by atoms with Crippen molar-refractivity contribution in [2.24, 2.45) is 0 Å². The molecule has 1 rings (SSSR count). The van der Waals surface area contributed by atoms with Gasteiger partial charge in [0.05, 0.1) is 0 Å². The van der Waals surface area contributed by atoms with Gasteiger partial charge in [-0.2, -0.15) is 0 Å². The summed E-state index contributed by atoms with van der Waals surface area (Å²) in [5, 5.41) is 3.04. The van der Waals surface area contributed by atoms with Gasteiger partial charge in [0, 0.05) is 22.7 Å². The molecule has 0 aromatic carbocycles. The number of hydrogen-bond donors (Lipinski definition) is 2. The Bertz CT molecular complexity index is 477. The van der Waals surface area contributed by atoms with Crippen molar-refractivity contribution in [3.8, 4) is 0 Å². The molecule has 0 bridgehead atoms. The van der Waals surface area contributed by atoms with Gasteiger partial charge in [0.25, 0.3) is 5.91 Å². The number of nitrogens with one attached hydrogen (secondary N) is 1. The summed E-state index contributed by atoms with van der Waals surface area (Å²) in [5.41, 5.74) is 7.14. The highest BCUT2D eigenvalue weighted by Gasteiger charge is 2.19. The van der Waals surface area contributed by atoms with Crippen LogP contribution in [0.1, 0.15) is 76.4 Å². The minimum Gasteiger partial charge on any atom is -0.384 e. The lowest BCUT2D eigenvalue weighted by atomic mass is 9.90. The monoisotopic (exact) mass is 291 g/mol. The summed E-state index contributed by atoms with van der Waals surface area (Å²) in [5.74, 6) is 0.324. The van der Waals surface area contributed by atoms with Crippen LogP contribution < -0.4 is 11.1 Å². The third kappa shape index (κ3) is 5.74. The molecule has 0 saturated carbocycles. The number of pyridine rings is 1. The van der Waals surface area contributed by atoms with E-state index in [0.29, 0.717) is 11.4 Å². The fraction of sp³-hybridized carbons (Fsp3) is 0.647. The van der Waals surface area contributed by atoms with Crippen LogP contribution in [-0.2, 0) is 5.41 Å². The van der Waals surface area contributed by atoms with E-state index in [9.17, 15) is 4.79 Å². The van der Waals surface area contributed by atoms with Crippen LogP contribution in [0.15, 0.2) is 12.1 Å². The molecule has 0 saturated heterocycles. The second-order valence-corrected chi connectivity index (χ2v) is 6.79. The molecule has 0 aliphatic rings. The summed E-state index contributed by atoms with van der Waals surface area (Å²) < 4.78 is 0. The minimum atomic E-state index is -0.128. The first-order valence-corrected chi connectivity index (χ1v) is 7.83. The number of aromatic nitrogens is 1. The van der Waals surface area contributed by atoms with Gasteiger partial charge in [-0.3, -0.25) is 4.79 Å². The van der Waals surface area contributed by atoms with Crippen LogP contribution in [0.3, 0.4) is 0 Å². The van der Waals surface area contributed by atoms with Crippen molar-refractivity contribution in [1.82, 2.24) is 10.3 Å². The number of nitrogens with two attached hydrogens (primary N) is 1. The molecule has 1 heterocycles. The van der Waals surface area contributed by atoms with Crippen molar-refractivity contribution in [1.29, 1.82) is 0 Å². The average molecular weight is 291 g/mol. The first-order valence-electron chi connectivity index (χ1n) is 7.83. The second kappa shape index (κ2) is 7.43. The number of nitrogen functional groups attached to an aromatic ring is 1. The van der Waals surface area contributed by atoms with Crippen molar-refractivity contribution >= 4 is 11.7 Å². The number of amides is 1. The van der Waals surface area contributed by atoms with E-state index in [-0.39, 0.29) is 17.4 Å². The van der Waals surface area contributed by atoms with E-state index in [1.54, 1.807) is 6.07 Å². The van der Waals surface area contributed by atoms with Crippen molar-refractivity contribution in [2.75, 3.05) is 5.73 Å². The highest BCUT2D eigenvalue weighted by molar-refractivity contribution is 5.95. The number of rotatable bonds is 6. The summed E-state index contributed by atoms with van der Waals surface area (Å²) in [4.78, 5) is 16.6. The lowest BCUT2D eigenvalue weighted by Crippen LogP contribution is -2.33. The average Bonchev–Trinajstić information content (AvgIpc) is 2.37. The molecule has 1 aromatic heterocycles. The highest BCUT2D eigenvalue weighted by Crippen LogP contribution is 2.22. The number of hydrogen-bond acceptors (Lipinski definition) is 3. The number of anilines is 1. The van der Waals surface area contributed by atoms with Crippen LogP contribution >= 0.6 is 0 Å². The Kier molecular flexibility index (Phi) is 6.19. The Morgan fingerprint density at radius 2 is 2.00 bits per heavy atom. The quantitative estimate of drug-likeness (QED) is 0.786. The van der Waals surface area contributed by atoms with Crippen molar-refractivity contribution in [2.45, 2.75) is 71.8 Å². The molecule has 4 heteroatoms. The summed E-state index contributed by atoms with van der Waals surface area (Å²) in [6.45, 7) is 10.4. The van der Waals surface area contributed by atoms with E-state index >= 15 is 0 Å². The third-order valence-electron chi connectivity index (χ3n) is 3.49. The summed E-state index contributed by atoms with van der Waals surface area (Å²) in [7, 11) is 0. The van der Waals surface area contributed by atoms with Gasteiger partial charge < -0.3 is 11.1 Å². The zero-order valence-corrected chi connectivity index (χ0v) is 14.0. The predicted octanol–water partition coefficient (Wildman–Crippen LogP) is 3.66. The Balaban J connectivity index is 2.76. The number of carbonyl (C=O) groups excluding carboxylic acids is 1. The van der Waals surface area contributed by atoms with Gasteiger partial charge in [0.2, 0.25) is 0 Å². The van der Waals surface area contributed by atoms with E-state index in [2.05, 4.69) is 38.0 Å². The van der Waals surface area contributed by atoms with Gasteiger partial charge in [0.1, 0.15) is 5.82 Å². The maximum atomic E-state index is 12.3. The zero-order chi connectivity index (χ0) is 16.0. The summed E-state index contributed by atoms with van der Waals surface area (Å²) in [6, 6.07) is 3.66. The number of unbranched alkanes of at least 4 members (excludes halogenated alkanes) is 2. The van der Waals surface area contributed by atoms with Crippen LogP contribution in [0.4, 0.5) is 5.82 Å². The minimum absolute atomic E-state index is 0.0707. The third-order valence-corrected chi connectivity index (χ3v) is 3.49. The van der Waals surface area contributed by atoms with E-state index in [1.165, 1.54) is 12.8 Å². The van der Waals surface area contributed by atoms with Gasteiger partial charge >= 0.3 is 0 Å². The molecule has 1 unspecified atom stereocenters. The Hall–Kier alpha value is -1.58. The Morgan fingerprint density at radius 3 is 2.57 bits per heavy atom. The largest absolute Gasteiger partial charge is 0.384 e. The summed E-state index contributed by atoms with van der Waals surface area (Å²) >= 11 is 0. The Labute approximate surface area is 128 Å². The lowest BCUT2D eigenvalue weighted by molar-refractivity contribution is 0.0937. The zero-order valence-electron chi connectivity index (χ0n) is 14.0. The molecule has 0 aliphatic carbocycles. The fourth-order valence-corrected chi connectivity index (χ4v) is 2.15. The fourth-order valence-electron chi connectivity index (χ4n) is 2.15. The molecule has 1 aromatic rings. The van der Waals surface area contributed by atoms with Crippen molar-refractivity contribution < 1.29 is 4.79 Å². The van der Waals surface area contributed by atoms with Gasteiger partial charge in [-0.05, 0) is 25.5 Å². The molecule has 0 spiro atoms. The van der Waals surface area contributed by atoms with Crippen LogP contribution in [0.5, 0.6) is 0 Å². The highest BCUT2D eigenvalue weighted by atomic mass is 16.1. The van der Waals surface area contributed by atoms with E-state index in [1.807, 2.05) is 13.0 Å². The molecule has 0 fully saturated rings. The molecular weight excluding hydrogens is 262 g/mol. The van der Waals surface area contributed by atoms with Crippen LogP contribution in [0.2, 0.25) is 0 Å². The van der Waals surface area contributed by atoms with Crippen LogP contribution in [-0.4, -0.2) is 16.9 Å². The number of nitrogens with zero attached hydrogens (tertiary/aromatic N) is 1. The molecule has 0 aliphatic heterocycles. The van der Waals surface area contributed by atoms with E-state index < -0.39 is 0 Å². The summed E-state index contributed by atoms with van der Waals surface area (Å²) in [6.07, 6.45) is 4.54. The standard InChI is InChI=1S/C17H29N3O/c1-6-7-8-9-12(2)19-16(21)13-10-14(17(3,4)5)20-15(18)11-13/h10-12H,6-9H2,1-5H3,(H2,18,20)(H,19,21). The maximum Gasteiger partial charge on any atom is 0.251 e. The van der Waals surface area contributed by atoms with Gasteiger partial charge in [0.15, 0.2) is 0 Å². The maximum absolute atomic E-state index is 12.3. The molecule has 1 atom stereocenters. The van der Waals surface area contributed by atoms with Gasteiger partial charge in [-0.15, -0.1) is 0 Å². The molecule has 0 radical (unpaired) electrons. The van der Waals surface area contributed by atoms with Gasteiger partial charge in [-0.25, -0.2) is 4.98 Å². The molecule has 1 amide bonds. The van der Waals surface area contributed by atoms with Crippen LogP contribution in [0, 0.1) is 0 Å². The molecule has 4 nitrogen and oxygen atoms in total. The first kappa shape index (κ1) is 17.5. The van der Waals surface area contributed by atoms with E-state index in [0.717, 1.165) is 18.5 Å². The molecular formula is C17H29N3O. The topological polar surface area (TPSA) is 68.0 Å². The molecule has 118 valence electrons. The lowest BCUT2D eigenvalue weighted by Gasteiger charge is -2.20. The molecule has 3 N–H and O–H groups in total. The second-order valence-electron chi connectivity index (χ2n) is 6.79. The Morgan fingerprint density at radius 1 is 1.33 bits per heavy atom. The number of carbonyl (C=O) groups is 1. The van der Waals surface area contributed by atoms with E-state index in [4.69, 9.17) is 5.73 Å². The predicted molar refractivity (Wildman–Crippen MR) is 88.4 cm³/mol. The van der Waals surface area contributed by atoms with Crippen molar-refractivity contribution in [3.05, 3.63) is 23.4 Å². The van der Waals surface area contributed by atoms with Crippen LogP contribution in [0.25, 0.3) is 0 Å². The smallest absolute Gasteiger partial charge is 0.251 e. The first-order chi connectivity index (χ1) is 9.74. The van der Waals surface area contributed by atoms with Gasteiger partial charge in [-0.1, -0.05) is 47.0 Å².